The summed E-state index contributed by atoms with van der Waals surface area (Å²) in [5, 5.41) is 8.90. The third kappa shape index (κ3) is 3.74. The second kappa shape index (κ2) is 6.89. The summed E-state index contributed by atoms with van der Waals surface area (Å²) in [4.78, 5) is 2.25. The van der Waals surface area contributed by atoms with Gasteiger partial charge in [0, 0.05) is 19.6 Å². The topological polar surface area (TPSA) is 62.3 Å². The maximum atomic E-state index is 8.90. The van der Waals surface area contributed by atoms with Gasteiger partial charge in [-0.15, -0.1) is 0 Å². The van der Waals surface area contributed by atoms with Crippen LogP contribution in [0.4, 0.5) is 0 Å². The second-order valence-electron chi connectivity index (χ2n) is 3.80. The van der Waals surface area contributed by atoms with Crippen molar-refractivity contribution in [1.82, 2.24) is 4.90 Å². The predicted molar refractivity (Wildman–Crippen MR) is 67.7 cm³/mol. The van der Waals surface area contributed by atoms with Crippen LogP contribution < -0.4 is 10.5 Å². The summed E-state index contributed by atoms with van der Waals surface area (Å²) in [7, 11) is 1.58. The van der Waals surface area contributed by atoms with Gasteiger partial charge in [0.2, 0.25) is 0 Å². The Hall–Kier alpha value is -1.57. The van der Waals surface area contributed by atoms with Crippen LogP contribution in [0, 0.1) is 11.3 Å². The Labute approximate surface area is 103 Å². The lowest BCUT2D eigenvalue weighted by Gasteiger charge is -2.19. The lowest BCUT2D eigenvalue weighted by Crippen LogP contribution is -2.28. The number of hydrogen-bond acceptors (Lipinski definition) is 4. The molecular formula is C13H19N3O. The standard InChI is InChI=1S/C13H19N3O/c1-3-16(7-6-14)10-11-4-5-12(9-15)13(8-11)17-2/h4-5,8H,3,6-7,10,14H2,1-2H3. The van der Waals surface area contributed by atoms with Crippen molar-refractivity contribution in [3.63, 3.8) is 0 Å². The fourth-order valence-corrected chi connectivity index (χ4v) is 1.72. The molecular weight excluding hydrogens is 214 g/mol. The highest BCUT2D eigenvalue weighted by Gasteiger charge is 2.06. The van der Waals surface area contributed by atoms with Gasteiger partial charge in [0.15, 0.2) is 0 Å². The van der Waals surface area contributed by atoms with E-state index in [1.54, 1.807) is 13.2 Å². The summed E-state index contributed by atoms with van der Waals surface area (Å²) in [6, 6.07) is 7.78. The highest BCUT2D eigenvalue weighted by molar-refractivity contribution is 5.45. The first kappa shape index (κ1) is 13.5. The number of hydrogen-bond donors (Lipinski definition) is 1. The number of methoxy groups -OCH3 is 1. The molecule has 0 aliphatic carbocycles. The molecule has 0 atom stereocenters. The first-order valence-electron chi connectivity index (χ1n) is 5.74. The van der Waals surface area contributed by atoms with Crippen molar-refractivity contribution in [3.05, 3.63) is 29.3 Å². The molecule has 1 aromatic rings. The van der Waals surface area contributed by atoms with E-state index in [-0.39, 0.29) is 0 Å². The number of ether oxygens (including phenoxy) is 1. The van der Waals surface area contributed by atoms with Crippen LogP contribution in [0.1, 0.15) is 18.1 Å². The lowest BCUT2D eigenvalue weighted by atomic mass is 10.1. The van der Waals surface area contributed by atoms with Crippen molar-refractivity contribution in [2.75, 3.05) is 26.7 Å². The van der Waals surface area contributed by atoms with Crippen LogP contribution in [0.15, 0.2) is 18.2 Å². The molecule has 0 heterocycles. The summed E-state index contributed by atoms with van der Waals surface area (Å²) in [5.41, 5.74) is 7.25. The molecule has 92 valence electrons. The van der Waals surface area contributed by atoms with Crippen LogP contribution in [0.2, 0.25) is 0 Å². The monoisotopic (exact) mass is 233 g/mol. The van der Waals surface area contributed by atoms with Gasteiger partial charge in [-0.25, -0.2) is 0 Å². The normalized spacial score (nSPS) is 10.3. The number of nitriles is 1. The molecule has 4 heteroatoms. The molecule has 0 unspecified atom stereocenters. The number of nitrogens with two attached hydrogens (primary N) is 1. The minimum Gasteiger partial charge on any atom is -0.495 e. The van der Waals surface area contributed by atoms with Crippen molar-refractivity contribution < 1.29 is 4.74 Å². The third-order valence-corrected chi connectivity index (χ3v) is 2.69. The van der Waals surface area contributed by atoms with E-state index in [9.17, 15) is 0 Å². The van der Waals surface area contributed by atoms with Gasteiger partial charge < -0.3 is 10.5 Å². The number of rotatable bonds is 6. The van der Waals surface area contributed by atoms with Crippen LogP contribution in [0.5, 0.6) is 5.75 Å². The van der Waals surface area contributed by atoms with Gasteiger partial charge in [0.05, 0.1) is 12.7 Å². The Balaban J connectivity index is 2.82. The number of likely N-dealkylation sites (N-methyl/N-ethyl adjacent to an activating group) is 1. The van der Waals surface area contributed by atoms with Crippen LogP contribution in [-0.2, 0) is 6.54 Å². The van der Waals surface area contributed by atoms with Crippen molar-refractivity contribution in [3.8, 4) is 11.8 Å². The molecule has 2 N–H and O–H groups in total. The summed E-state index contributed by atoms with van der Waals surface area (Å²) < 4.78 is 5.19. The molecule has 0 fully saturated rings. The average molecular weight is 233 g/mol. The Morgan fingerprint density at radius 3 is 2.76 bits per heavy atom. The van der Waals surface area contributed by atoms with Crippen molar-refractivity contribution in [2.24, 2.45) is 5.73 Å². The van der Waals surface area contributed by atoms with Crippen molar-refractivity contribution in [2.45, 2.75) is 13.5 Å². The first-order chi connectivity index (χ1) is 8.24. The predicted octanol–water partition coefficient (Wildman–Crippen LogP) is 1.35. The molecule has 17 heavy (non-hydrogen) atoms. The van der Waals surface area contributed by atoms with E-state index in [2.05, 4.69) is 17.9 Å². The lowest BCUT2D eigenvalue weighted by molar-refractivity contribution is 0.287. The SMILES string of the molecule is CCN(CCN)Cc1ccc(C#N)c(OC)c1. The van der Waals surface area contributed by atoms with E-state index < -0.39 is 0 Å². The van der Waals surface area contributed by atoms with Gasteiger partial charge in [-0.3, -0.25) is 4.90 Å². The fourth-order valence-electron chi connectivity index (χ4n) is 1.72. The molecule has 0 aliphatic rings. The van der Waals surface area contributed by atoms with Gasteiger partial charge in [-0.1, -0.05) is 13.0 Å². The van der Waals surface area contributed by atoms with Gasteiger partial charge >= 0.3 is 0 Å². The Bertz CT molecular complexity index is 398. The van der Waals surface area contributed by atoms with Gasteiger partial charge in [0.1, 0.15) is 11.8 Å². The van der Waals surface area contributed by atoms with Crippen molar-refractivity contribution in [1.29, 1.82) is 5.26 Å². The Morgan fingerprint density at radius 1 is 1.47 bits per heavy atom. The largest absolute Gasteiger partial charge is 0.495 e. The molecule has 0 spiro atoms. The molecule has 0 aromatic heterocycles. The molecule has 1 aromatic carbocycles. The minimum atomic E-state index is 0.568. The van der Waals surface area contributed by atoms with Crippen LogP contribution >= 0.6 is 0 Å². The van der Waals surface area contributed by atoms with E-state index in [1.165, 1.54) is 0 Å². The van der Waals surface area contributed by atoms with E-state index in [1.807, 2.05) is 12.1 Å². The fraction of sp³-hybridized carbons (Fsp3) is 0.462. The molecule has 4 nitrogen and oxygen atoms in total. The van der Waals surface area contributed by atoms with Crippen LogP contribution in [0.3, 0.4) is 0 Å². The van der Waals surface area contributed by atoms with E-state index in [0.717, 1.165) is 25.2 Å². The van der Waals surface area contributed by atoms with Gasteiger partial charge in [-0.2, -0.15) is 5.26 Å². The maximum absolute atomic E-state index is 8.90. The van der Waals surface area contributed by atoms with E-state index in [4.69, 9.17) is 15.7 Å². The summed E-state index contributed by atoms with van der Waals surface area (Å²) >= 11 is 0. The molecule has 0 saturated heterocycles. The smallest absolute Gasteiger partial charge is 0.136 e. The summed E-state index contributed by atoms with van der Waals surface area (Å²) in [6.07, 6.45) is 0. The summed E-state index contributed by atoms with van der Waals surface area (Å²) in [6.45, 7) is 5.42. The number of benzene rings is 1. The quantitative estimate of drug-likeness (QED) is 0.805. The van der Waals surface area contributed by atoms with Crippen molar-refractivity contribution >= 4 is 0 Å². The van der Waals surface area contributed by atoms with Gasteiger partial charge in [-0.05, 0) is 24.2 Å². The minimum absolute atomic E-state index is 0.568. The first-order valence-corrected chi connectivity index (χ1v) is 5.74. The second-order valence-corrected chi connectivity index (χ2v) is 3.80. The highest BCUT2D eigenvalue weighted by Crippen LogP contribution is 2.20. The Morgan fingerprint density at radius 2 is 2.24 bits per heavy atom. The molecule has 0 saturated carbocycles. The highest BCUT2D eigenvalue weighted by atomic mass is 16.5. The molecule has 0 amide bonds. The zero-order valence-electron chi connectivity index (χ0n) is 10.4. The zero-order chi connectivity index (χ0) is 12.7. The van der Waals surface area contributed by atoms with E-state index in [0.29, 0.717) is 17.9 Å². The van der Waals surface area contributed by atoms with Crippen LogP contribution in [0.25, 0.3) is 0 Å². The molecule has 0 radical (unpaired) electrons. The number of nitrogens with zero attached hydrogens (tertiary/aromatic N) is 2. The zero-order valence-corrected chi connectivity index (χ0v) is 10.4. The molecule has 0 bridgehead atoms. The maximum Gasteiger partial charge on any atom is 0.136 e. The van der Waals surface area contributed by atoms with Crippen LogP contribution in [-0.4, -0.2) is 31.6 Å². The van der Waals surface area contributed by atoms with Gasteiger partial charge in [0.25, 0.3) is 0 Å². The van der Waals surface area contributed by atoms with E-state index >= 15 is 0 Å². The third-order valence-electron chi connectivity index (χ3n) is 2.69. The Kier molecular flexibility index (Phi) is 5.47. The molecule has 0 aliphatic heterocycles. The summed E-state index contributed by atoms with van der Waals surface area (Å²) in [5.74, 6) is 0.633. The molecule has 1 rings (SSSR count). The average Bonchev–Trinajstić information content (AvgIpc) is 2.38.